The summed E-state index contributed by atoms with van der Waals surface area (Å²) in [4.78, 5) is 12.3. The Morgan fingerprint density at radius 3 is 2.52 bits per heavy atom. The molecule has 0 bridgehead atoms. The number of carbonyl (C=O) groups excluding carboxylic acids is 1. The topological polar surface area (TPSA) is 49.3 Å². The lowest BCUT2D eigenvalue weighted by Gasteiger charge is -2.17. The van der Waals surface area contributed by atoms with Gasteiger partial charge in [-0.05, 0) is 46.1 Å². The summed E-state index contributed by atoms with van der Waals surface area (Å²) in [6.07, 6.45) is 0.592. The zero-order valence-corrected chi connectivity index (χ0v) is 14.4. The van der Waals surface area contributed by atoms with Crippen molar-refractivity contribution >= 4 is 37.8 Å². The highest BCUT2D eigenvalue weighted by molar-refractivity contribution is 9.11. The first-order valence-corrected chi connectivity index (χ1v) is 8.09. The first-order valence-electron chi connectivity index (χ1n) is 6.51. The van der Waals surface area contributed by atoms with Crippen molar-refractivity contribution < 1.29 is 9.90 Å². The Hall–Kier alpha value is -1.17. The largest absolute Gasteiger partial charge is 0.394 e. The monoisotopic (exact) mass is 411 g/mol. The molecule has 21 heavy (non-hydrogen) atoms. The first-order chi connectivity index (χ1) is 10.1. The van der Waals surface area contributed by atoms with Crippen LogP contribution in [0.4, 0.5) is 0 Å². The Morgan fingerprint density at radius 2 is 1.86 bits per heavy atom. The number of benzene rings is 2. The van der Waals surface area contributed by atoms with Crippen LogP contribution in [0.5, 0.6) is 0 Å². The lowest BCUT2D eigenvalue weighted by atomic mass is 10.1. The highest BCUT2D eigenvalue weighted by atomic mass is 79.9. The maximum Gasteiger partial charge on any atom is 0.252 e. The summed E-state index contributed by atoms with van der Waals surface area (Å²) in [7, 11) is 0. The second-order valence-electron chi connectivity index (χ2n) is 4.67. The molecule has 0 aliphatic rings. The minimum Gasteiger partial charge on any atom is -0.394 e. The lowest BCUT2D eigenvalue weighted by molar-refractivity contribution is 0.0915. The number of carbonyl (C=O) groups is 1. The van der Waals surface area contributed by atoms with Gasteiger partial charge in [0.15, 0.2) is 0 Å². The first kappa shape index (κ1) is 16.2. The van der Waals surface area contributed by atoms with E-state index in [-0.39, 0.29) is 18.6 Å². The van der Waals surface area contributed by atoms with Crippen molar-refractivity contribution in [2.75, 3.05) is 6.61 Å². The van der Waals surface area contributed by atoms with Crippen molar-refractivity contribution in [1.82, 2.24) is 5.32 Å². The molecular formula is C16H15Br2NO2. The van der Waals surface area contributed by atoms with E-state index in [1.165, 1.54) is 0 Å². The molecule has 0 aromatic heterocycles. The Kier molecular flexibility index (Phi) is 5.96. The minimum absolute atomic E-state index is 0.105. The van der Waals surface area contributed by atoms with Gasteiger partial charge in [0.2, 0.25) is 0 Å². The van der Waals surface area contributed by atoms with Gasteiger partial charge in [-0.2, -0.15) is 0 Å². The summed E-state index contributed by atoms with van der Waals surface area (Å²) in [5.74, 6) is -0.210. The molecule has 0 saturated carbocycles. The third kappa shape index (κ3) is 4.66. The van der Waals surface area contributed by atoms with Crippen molar-refractivity contribution in [3.63, 3.8) is 0 Å². The van der Waals surface area contributed by atoms with Gasteiger partial charge in [-0.1, -0.05) is 46.3 Å². The molecule has 0 aliphatic carbocycles. The third-order valence-corrected chi connectivity index (χ3v) is 4.24. The molecule has 2 aromatic rings. The van der Waals surface area contributed by atoms with Gasteiger partial charge in [-0.15, -0.1) is 0 Å². The smallest absolute Gasteiger partial charge is 0.252 e. The third-order valence-electron chi connectivity index (χ3n) is 3.05. The predicted molar refractivity (Wildman–Crippen MR) is 90.3 cm³/mol. The molecule has 2 rings (SSSR count). The van der Waals surface area contributed by atoms with Gasteiger partial charge >= 0.3 is 0 Å². The van der Waals surface area contributed by atoms with E-state index in [0.29, 0.717) is 12.0 Å². The molecule has 3 nitrogen and oxygen atoms in total. The Labute approximate surface area is 140 Å². The van der Waals surface area contributed by atoms with E-state index in [9.17, 15) is 9.90 Å². The molecule has 2 N–H and O–H groups in total. The molecule has 110 valence electrons. The van der Waals surface area contributed by atoms with E-state index in [2.05, 4.69) is 37.2 Å². The van der Waals surface area contributed by atoms with Crippen LogP contribution in [-0.2, 0) is 6.42 Å². The van der Waals surface area contributed by atoms with Crippen molar-refractivity contribution in [1.29, 1.82) is 0 Å². The van der Waals surface area contributed by atoms with Gasteiger partial charge in [-0.25, -0.2) is 0 Å². The number of aliphatic hydroxyl groups excluding tert-OH is 1. The Morgan fingerprint density at radius 1 is 1.14 bits per heavy atom. The van der Waals surface area contributed by atoms with E-state index in [0.717, 1.165) is 14.5 Å². The van der Waals surface area contributed by atoms with E-state index in [4.69, 9.17) is 0 Å². The standard InChI is InChI=1S/C16H15Br2NO2/c17-12-6-7-15(18)14(9-12)16(21)19-13(10-20)8-11-4-2-1-3-5-11/h1-7,9,13,20H,8,10H2,(H,19,21)/t13-/m1/s1. The summed E-state index contributed by atoms with van der Waals surface area (Å²) in [6, 6.07) is 14.9. The normalized spacial score (nSPS) is 12.0. The fourth-order valence-electron chi connectivity index (χ4n) is 1.99. The summed E-state index contributed by atoms with van der Waals surface area (Å²) in [6.45, 7) is -0.105. The molecule has 0 fully saturated rings. The van der Waals surface area contributed by atoms with Crippen LogP contribution in [0.1, 0.15) is 15.9 Å². The molecule has 0 saturated heterocycles. The summed E-state index contributed by atoms with van der Waals surface area (Å²) >= 11 is 6.72. The molecule has 0 radical (unpaired) electrons. The van der Waals surface area contributed by atoms with Gasteiger partial charge < -0.3 is 10.4 Å². The number of nitrogens with one attached hydrogen (secondary N) is 1. The average molecular weight is 413 g/mol. The van der Waals surface area contributed by atoms with Gasteiger partial charge in [0, 0.05) is 8.95 Å². The Bertz CT molecular complexity index is 617. The highest BCUT2D eigenvalue weighted by Gasteiger charge is 2.16. The van der Waals surface area contributed by atoms with Crippen LogP contribution in [0.25, 0.3) is 0 Å². The van der Waals surface area contributed by atoms with Crippen LogP contribution in [0.3, 0.4) is 0 Å². The van der Waals surface area contributed by atoms with Gasteiger partial charge in [0.1, 0.15) is 0 Å². The summed E-state index contributed by atoms with van der Waals surface area (Å²) in [5, 5.41) is 12.3. The number of aliphatic hydroxyl groups is 1. The molecule has 1 amide bonds. The molecule has 0 heterocycles. The van der Waals surface area contributed by atoms with E-state index in [1.54, 1.807) is 6.07 Å². The maximum absolute atomic E-state index is 12.3. The fraction of sp³-hybridized carbons (Fsp3) is 0.188. The number of halogens is 2. The molecule has 0 spiro atoms. The van der Waals surface area contributed by atoms with Crippen LogP contribution in [0.2, 0.25) is 0 Å². The molecule has 5 heteroatoms. The van der Waals surface area contributed by atoms with Crippen LogP contribution < -0.4 is 5.32 Å². The fourth-order valence-corrected chi connectivity index (χ4v) is 2.78. The summed E-state index contributed by atoms with van der Waals surface area (Å²) in [5.41, 5.74) is 1.61. The molecule has 2 aromatic carbocycles. The van der Waals surface area contributed by atoms with Gasteiger partial charge in [0.25, 0.3) is 5.91 Å². The van der Waals surface area contributed by atoms with Gasteiger partial charge in [0.05, 0.1) is 18.2 Å². The van der Waals surface area contributed by atoms with Crippen LogP contribution >= 0.6 is 31.9 Å². The molecular weight excluding hydrogens is 398 g/mol. The summed E-state index contributed by atoms with van der Waals surface area (Å²) < 4.78 is 1.55. The van der Waals surface area contributed by atoms with E-state index in [1.807, 2.05) is 42.5 Å². The highest BCUT2D eigenvalue weighted by Crippen LogP contribution is 2.21. The SMILES string of the molecule is O=C(N[C@@H](CO)Cc1ccccc1)c1cc(Br)ccc1Br. The van der Waals surface area contributed by atoms with Gasteiger partial charge in [-0.3, -0.25) is 4.79 Å². The zero-order chi connectivity index (χ0) is 15.2. The van der Waals surface area contributed by atoms with Crippen molar-refractivity contribution in [3.05, 3.63) is 68.6 Å². The van der Waals surface area contributed by atoms with Crippen molar-refractivity contribution in [3.8, 4) is 0 Å². The predicted octanol–water partition coefficient (Wildman–Crippen LogP) is 3.55. The van der Waals surface area contributed by atoms with Crippen LogP contribution in [0.15, 0.2) is 57.5 Å². The number of hydrogen-bond donors (Lipinski definition) is 2. The average Bonchev–Trinajstić information content (AvgIpc) is 2.50. The second-order valence-corrected chi connectivity index (χ2v) is 6.44. The Balaban J connectivity index is 2.07. The number of amides is 1. The number of rotatable bonds is 5. The molecule has 0 unspecified atom stereocenters. The molecule has 1 atom stereocenters. The van der Waals surface area contributed by atoms with Crippen LogP contribution in [-0.4, -0.2) is 23.7 Å². The quantitative estimate of drug-likeness (QED) is 0.788. The zero-order valence-electron chi connectivity index (χ0n) is 11.2. The molecule has 0 aliphatic heterocycles. The van der Waals surface area contributed by atoms with Crippen molar-refractivity contribution in [2.24, 2.45) is 0 Å². The van der Waals surface area contributed by atoms with Crippen LogP contribution in [0, 0.1) is 0 Å². The number of hydrogen-bond acceptors (Lipinski definition) is 2. The lowest BCUT2D eigenvalue weighted by Crippen LogP contribution is -2.39. The second kappa shape index (κ2) is 7.73. The van der Waals surface area contributed by atoms with E-state index < -0.39 is 0 Å². The van der Waals surface area contributed by atoms with Crippen molar-refractivity contribution in [2.45, 2.75) is 12.5 Å². The maximum atomic E-state index is 12.3. The minimum atomic E-state index is -0.314. The van der Waals surface area contributed by atoms with E-state index >= 15 is 0 Å².